The van der Waals surface area contributed by atoms with Crippen LogP contribution < -0.4 is 14.8 Å². The Bertz CT molecular complexity index is 1270. The van der Waals surface area contributed by atoms with Crippen LogP contribution in [0.25, 0.3) is 6.08 Å². The highest BCUT2D eigenvalue weighted by molar-refractivity contribution is 6.32. The summed E-state index contributed by atoms with van der Waals surface area (Å²) in [4.78, 5) is 26.4. The molecular weight excluding hydrogens is 459 g/mol. The Labute approximate surface area is 201 Å². The Morgan fingerprint density at radius 1 is 1.06 bits per heavy atom. The summed E-state index contributed by atoms with van der Waals surface area (Å²) in [5.41, 5.74) is 3.35. The highest BCUT2D eigenvalue weighted by Crippen LogP contribution is 2.37. The monoisotopic (exact) mass is 480 g/mol. The van der Waals surface area contributed by atoms with Crippen molar-refractivity contribution < 1.29 is 23.5 Å². The van der Waals surface area contributed by atoms with Crippen molar-refractivity contribution in [3.05, 3.63) is 99.5 Å². The molecule has 0 unspecified atom stereocenters. The number of hydrogen-bond donors (Lipinski definition) is 1. The van der Waals surface area contributed by atoms with Gasteiger partial charge in [-0.05, 0) is 54.0 Å². The number of carbonyl (C=O) groups is 2. The molecule has 3 aromatic carbocycles. The highest BCUT2D eigenvalue weighted by Gasteiger charge is 2.33. The van der Waals surface area contributed by atoms with Crippen molar-refractivity contribution >= 4 is 29.6 Å². The molecular formula is C26H22ClFN2O4. The lowest BCUT2D eigenvalue weighted by molar-refractivity contribution is -0.123. The number of urea groups is 1. The molecule has 6 nitrogen and oxygen atoms in total. The van der Waals surface area contributed by atoms with Crippen molar-refractivity contribution in [2.24, 2.45) is 0 Å². The summed E-state index contributed by atoms with van der Waals surface area (Å²) in [6, 6.07) is 16.3. The Balaban J connectivity index is 1.53. The molecule has 0 radical (unpaired) electrons. The fourth-order valence-electron chi connectivity index (χ4n) is 3.57. The van der Waals surface area contributed by atoms with E-state index in [9.17, 15) is 14.0 Å². The van der Waals surface area contributed by atoms with Crippen LogP contribution >= 0.6 is 11.6 Å². The number of halogens is 2. The molecule has 3 aromatic rings. The molecule has 1 saturated heterocycles. The maximum absolute atomic E-state index is 13.1. The molecule has 4 rings (SSSR count). The zero-order valence-electron chi connectivity index (χ0n) is 18.6. The lowest BCUT2D eigenvalue weighted by atomic mass is 10.1. The SMILES string of the molecule is COc1cc(/C=C2/NC(=O)N(Cc3cccc(C)c3)C2=O)cc(Cl)c1OCc1ccc(F)cc1. The number of benzene rings is 3. The molecule has 0 atom stereocenters. The second-order valence-electron chi connectivity index (χ2n) is 7.82. The first-order valence-corrected chi connectivity index (χ1v) is 10.9. The van der Waals surface area contributed by atoms with Gasteiger partial charge in [-0.25, -0.2) is 9.18 Å². The average Bonchev–Trinajstić information content (AvgIpc) is 3.06. The number of nitrogens with one attached hydrogen (secondary N) is 1. The minimum absolute atomic E-state index is 0.135. The summed E-state index contributed by atoms with van der Waals surface area (Å²) in [5.74, 6) is -0.0886. The number of ether oxygens (including phenoxy) is 2. The van der Waals surface area contributed by atoms with Gasteiger partial charge in [-0.3, -0.25) is 9.69 Å². The third-order valence-corrected chi connectivity index (χ3v) is 5.53. The predicted octanol–water partition coefficient (Wildman–Crippen LogP) is 5.47. The largest absolute Gasteiger partial charge is 0.493 e. The first-order chi connectivity index (χ1) is 16.3. The van der Waals surface area contributed by atoms with E-state index in [2.05, 4.69) is 5.32 Å². The van der Waals surface area contributed by atoms with E-state index in [0.717, 1.165) is 21.6 Å². The summed E-state index contributed by atoms with van der Waals surface area (Å²) in [6.45, 7) is 2.29. The molecule has 0 aromatic heterocycles. The minimum Gasteiger partial charge on any atom is -0.493 e. The number of carbonyl (C=O) groups excluding carboxylic acids is 2. The van der Waals surface area contributed by atoms with Crippen LogP contribution in [0, 0.1) is 12.7 Å². The van der Waals surface area contributed by atoms with Gasteiger partial charge in [0.25, 0.3) is 5.91 Å². The quantitative estimate of drug-likeness (QED) is 0.360. The molecule has 1 heterocycles. The standard InChI is InChI=1S/C26H22ClFN2O4/c1-16-4-3-5-18(10-16)14-30-25(31)22(29-26(30)32)12-19-11-21(27)24(23(13-19)33-2)34-15-17-6-8-20(28)9-7-17/h3-13H,14-15H2,1-2H3,(H,29,32)/b22-12+. The molecule has 0 spiro atoms. The first kappa shape index (κ1) is 23.3. The topological polar surface area (TPSA) is 67.9 Å². The summed E-state index contributed by atoms with van der Waals surface area (Å²) < 4.78 is 24.3. The predicted molar refractivity (Wildman–Crippen MR) is 127 cm³/mol. The van der Waals surface area contributed by atoms with Crippen LogP contribution in [0.15, 0.2) is 66.4 Å². The van der Waals surface area contributed by atoms with Gasteiger partial charge >= 0.3 is 6.03 Å². The second kappa shape index (κ2) is 9.97. The van der Waals surface area contributed by atoms with E-state index >= 15 is 0 Å². The number of imide groups is 1. The number of amides is 3. The lowest BCUT2D eigenvalue weighted by Crippen LogP contribution is -2.30. The Morgan fingerprint density at radius 3 is 2.53 bits per heavy atom. The van der Waals surface area contributed by atoms with Gasteiger partial charge in [-0.1, -0.05) is 53.6 Å². The zero-order chi connectivity index (χ0) is 24.2. The van der Waals surface area contributed by atoms with E-state index in [1.165, 1.54) is 25.3 Å². The normalized spacial score (nSPS) is 14.5. The van der Waals surface area contributed by atoms with Crippen molar-refractivity contribution in [2.45, 2.75) is 20.1 Å². The molecule has 0 aliphatic carbocycles. The second-order valence-corrected chi connectivity index (χ2v) is 8.22. The summed E-state index contributed by atoms with van der Waals surface area (Å²) >= 11 is 6.43. The van der Waals surface area contributed by atoms with Crippen molar-refractivity contribution in [3.63, 3.8) is 0 Å². The number of rotatable bonds is 7. The van der Waals surface area contributed by atoms with Gasteiger partial charge in [0.1, 0.15) is 18.1 Å². The first-order valence-electron chi connectivity index (χ1n) is 10.5. The van der Waals surface area contributed by atoms with Crippen LogP contribution in [0.5, 0.6) is 11.5 Å². The molecule has 174 valence electrons. The van der Waals surface area contributed by atoms with E-state index in [1.807, 2.05) is 31.2 Å². The van der Waals surface area contributed by atoms with Crippen molar-refractivity contribution in [1.82, 2.24) is 10.2 Å². The molecule has 1 fully saturated rings. The average molecular weight is 481 g/mol. The van der Waals surface area contributed by atoms with Crippen LogP contribution in [-0.2, 0) is 17.9 Å². The van der Waals surface area contributed by atoms with E-state index in [4.69, 9.17) is 21.1 Å². The van der Waals surface area contributed by atoms with Crippen LogP contribution in [0.4, 0.5) is 9.18 Å². The summed E-state index contributed by atoms with van der Waals surface area (Å²) in [5, 5.41) is 2.88. The van der Waals surface area contributed by atoms with Gasteiger partial charge < -0.3 is 14.8 Å². The lowest BCUT2D eigenvalue weighted by Gasteiger charge is -2.14. The van der Waals surface area contributed by atoms with Crippen LogP contribution in [0.3, 0.4) is 0 Å². The minimum atomic E-state index is -0.491. The van der Waals surface area contributed by atoms with Crippen molar-refractivity contribution in [3.8, 4) is 11.5 Å². The molecule has 0 saturated carbocycles. The Kier molecular flexibility index (Phi) is 6.84. The summed E-state index contributed by atoms with van der Waals surface area (Å²) in [6.07, 6.45) is 1.54. The molecule has 1 aliphatic rings. The van der Waals surface area contributed by atoms with Gasteiger partial charge in [0.2, 0.25) is 0 Å². The van der Waals surface area contributed by atoms with E-state index < -0.39 is 11.9 Å². The van der Waals surface area contributed by atoms with E-state index in [1.54, 1.807) is 24.3 Å². The number of methoxy groups -OCH3 is 1. The smallest absolute Gasteiger partial charge is 0.329 e. The fourth-order valence-corrected chi connectivity index (χ4v) is 3.85. The number of hydrogen-bond acceptors (Lipinski definition) is 4. The van der Waals surface area contributed by atoms with Gasteiger partial charge in [-0.15, -0.1) is 0 Å². The van der Waals surface area contributed by atoms with Crippen molar-refractivity contribution in [2.75, 3.05) is 7.11 Å². The molecule has 1 aliphatic heterocycles. The van der Waals surface area contributed by atoms with Crippen LogP contribution in [0.2, 0.25) is 5.02 Å². The maximum atomic E-state index is 13.1. The third kappa shape index (κ3) is 5.21. The molecule has 1 N–H and O–H groups in total. The van der Waals surface area contributed by atoms with E-state index in [0.29, 0.717) is 17.1 Å². The zero-order valence-corrected chi connectivity index (χ0v) is 19.4. The van der Waals surface area contributed by atoms with Gasteiger partial charge in [0.15, 0.2) is 11.5 Å². The Morgan fingerprint density at radius 2 is 1.82 bits per heavy atom. The van der Waals surface area contributed by atoms with Crippen LogP contribution in [0.1, 0.15) is 22.3 Å². The summed E-state index contributed by atoms with van der Waals surface area (Å²) in [7, 11) is 1.47. The molecule has 0 bridgehead atoms. The third-order valence-electron chi connectivity index (χ3n) is 5.24. The molecule has 3 amide bonds. The molecule has 34 heavy (non-hydrogen) atoms. The van der Waals surface area contributed by atoms with Gasteiger partial charge in [0, 0.05) is 0 Å². The Hall–Kier alpha value is -3.84. The van der Waals surface area contributed by atoms with Gasteiger partial charge in [-0.2, -0.15) is 0 Å². The molecule has 8 heteroatoms. The number of aryl methyl sites for hydroxylation is 1. The highest BCUT2D eigenvalue weighted by atomic mass is 35.5. The maximum Gasteiger partial charge on any atom is 0.329 e. The number of nitrogens with zero attached hydrogens (tertiary/aromatic N) is 1. The fraction of sp³-hybridized carbons (Fsp3) is 0.154. The van der Waals surface area contributed by atoms with Crippen LogP contribution in [-0.4, -0.2) is 23.9 Å². The van der Waals surface area contributed by atoms with E-state index in [-0.39, 0.29) is 29.7 Å². The van der Waals surface area contributed by atoms with Gasteiger partial charge in [0.05, 0.1) is 18.7 Å². The van der Waals surface area contributed by atoms with Crippen molar-refractivity contribution in [1.29, 1.82) is 0 Å².